The Kier molecular flexibility index (Phi) is 6.53. The van der Waals surface area contributed by atoms with Crippen LogP contribution < -0.4 is 10.1 Å². The SMILES string of the molecule is Cc1nnc2n1-c1sc3c(c1C(c1ccccc1Cl)=NC2)CCN(C(=O)Nc1ccc(Oc2ccccc2)cc1)C3. The van der Waals surface area contributed by atoms with E-state index in [1.54, 1.807) is 11.3 Å². The number of aromatic nitrogens is 3. The van der Waals surface area contributed by atoms with Crippen molar-refractivity contribution in [2.45, 2.75) is 26.4 Å². The third-order valence-electron chi connectivity index (χ3n) is 7.25. The molecule has 2 aliphatic heterocycles. The molecule has 0 bridgehead atoms. The molecule has 2 amide bonds. The molecule has 0 spiro atoms. The molecule has 2 aliphatic rings. The number of hydrogen-bond donors (Lipinski definition) is 1. The maximum atomic E-state index is 13.3. The normalized spacial score (nSPS) is 13.9. The van der Waals surface area contributed by atoms with Gasteiger partial charge in [-0.3, -0.25) is 9.56 Å². The number of para-hydroxylation sites is 1. The number of fused-ring (bicyclic) bond motifs is 5. The van der Waals surface area contributed by atoms with Crippen LogP contribution in [0.4, 0.5) is 10.5 Å². The first-order chi connectivity index (χ1) is 20.0. The first-order valence-electron chi connectivity index (χ1n) is 13.3. The van der Waals surface area contributed by atoms with Gasteiger partial charge in [0.05, 0.1) is 12.3 Å². The summed E-state index contributed by atoms with van der Waals surface area (Å²) >= 11 is 8.32. The van der Waals surface area contributed by atoms with Crippen LogP contribution in [0, 0.1) is 6.92 Å². The largest absolute Gasteiger partial charge is 0.457 e. The lowest BCUT2D eigenvalue weighted by molar-refractivity contribution is 0.207. The van der Waals surface area contributed by atoms with Crippen LogP contribution in [-0.2, 0) is 19.5 Å². The molecule has 7 rings (SSSR count). The van der Waals surface area contributed by atoms with Crippen LogP contribution in [0.15, 0.2) is 83.9 Å². The van der Waals surface area contributed by atoms with Gasteiger partial charge in [-0.25, -0.2) is 4.79 Å². The lowest BCUT2D eigenvalue weighted by atomic mass is 9.95. The van der Waals surface area contributed by atoms with Crippen LogP contribution in [0.3, 0.4) is 0 Å². The van der Waals surface area contributed by atoms with Gasteiger partial charge in [-0.1, -0.05) is 48.0 Å². The molecule has 4 heterocycles. The number of halogens is 1. The molecule has 10 heteroatoms. The van der Waals surface area contributed by atoms with E-state index < -0.39 is 0 Å². The summed E-state index contributed by atoms with van der Waals surface area (Å²) in [5.41, 5.74) is 4.74. The van der Waals surface area contributed by atoms with Gasteiger partial charge in [-0.05, 0) is 61.4 Å². The second-order valence-corrected chi connectivity index (χ2v) is 11.4. The zero-order chi connectivity index (χ0) is 27.9. The van der Waals surface area contributed by atoms with Crippen molar-refractivity contribution in [3.05, 3.63) is 117 Å². The van der Waals surface area contributed by atoms with Crippen molar-refractivity contribution in [1.29, 1.82) is 0 Å². The molecule has 204 valence electrons. The summed E-state index contributed by atoms with van der Waals surface area (Å²) in [7, 11) is 0. The van der Waals surface area contributed by atoms with Gasteiger partial charge in [0.1, 0.15) is 28.9 Å². The van der Waals surface area contributed by atoms with Crippen molar-refractivity contribution in [3.8, 4) is 16.5 Å². The third kappa shape index (κ3) is 4.77. The Morgan fingerprint density at radius 3 is 2.54 bits per heavy atom. The monoisotopic (exact) mass is 580 g/mol. The van der Waals surface area contributed by atoms with E-state index in [4.69, 9.17) is 21.3 Å². The van der Waals surface area contributed by atoms with Crippen LogP contribution in [0.5, 0.6) is 11.5 Å². The number of benzene rings is 3. The van der Waals surface area contributed by atoms with E-state index in [0.29, 0.717) is 42.5 Å². The minimum absolute atomic E-state index is 0.142. The van der Waals surface area contributed by atoms with Crippen molar-refractivity contribution >= 4 is 40.4 Å². The van der Waals surface area contributed by atoms with Gasteiger partial charge in [0.25, 0.3) is 0 Å². The van der Waals surface area contributed by atoms with Gasteiger partial charge in [0, 0.05) is 33.3 Å². The van der Waals surface area contributed by atoms with E-state index in [9.17, 15) is 4.79 Å². The van der Waals surface area contributed by atoms with Gasteiger partial charge in [0.2, 0.25) is 0 Å². The minimum Gasteiger partial charge on any atom is -0.457 e. The van der Waals surface area contributed by atoms with Crippen LogP contribution >= 0.6 is 22.9 Å². The van der Waals surface area contributed by atoms with Gasteiger partial charge in [-0.2, -0.15) is 0 Å². The summed E-state index contributed by atoms with van der Waals surface area (Å²) < 4.78 is 7.96. The van der Waals surface area contributed by atoms with Crippen molar-refractivity contribution in [3.63, 3.8) is 0 Å². The molecule has 1 N–H and O–H groups in total. The minimum atomic E-state index is -0.142. The number of carbonyl (C=O) groups excluding carboxylic acids is 1. The van der Waals surface area contributed by atoms with E-state index in [0.717, 1.165) is 44.1 Å². The Bertz CT molecular complexity index is 1800. The van der Waals surface area contributed by atoms with Crippen molar-refractivity contribution in [2.24, 2.45) is 4.99 Å². The highest BCUT2D eigenvalue weighted by molar-refractivity contribution is 7.15. The fourth-order valence-corrected chi connectivity index (χ4v) is 6.93. The van der Waals surface area contributed by atoms with E-state index >= 15 is 0 Å². The Morgan fingerprint density at radius 2 is 1.73 bits per heavy atom. The Balaban J connectivity index is 1.15. The highest BCUT2D eigenvalue weighted by Gasteiger charge is 2.33. The summed E-state index contributed by atoms with van der Waals surface area (Å²) in [6.07, 6.45) is 0.707. The van der Waals surface area contributed by atoms with Gasteiger partial charge < -0.3 is 15.0 Å². The van der Waals surface area contributed by atoms with E-state index in [1.165, 1.54) is 5.56 Å². The first-order valence-corrected chi connectivity index (χ1v) is 14.5. The molecule has 2 aromatic heterocycles. The van der Waals surface area contributed by atoms with Crippen LogP contribution in [0.25, 0.3) is 5.00 Å². The Labute approximate surface area is 245 Å². The summed E-state index contributed by atoms with van der Waals surface area (Å²) in [5.74, 6) is 3.07. The number of aliphatic imine (C=N–C) groups is 1. The summed E-state index contributed by atoms with van der Waals surface area (Å²) in [5, 5.41) is 13.4. The number of amides is 2. The summed E-state index contributed by atoms with van der Waals surface area (Å²) in [6, 6.07) is 24.7. The second kappa shape index (κ2) is 10.5. The fraction of sp³-hybridized carbons (Fsp3) is 0.161. The lowest BCUT2D eigenvalue weighted by Gasteiger charge is -2.27. The Morgan fingerprint density at radius 1 is 0.976 bits per heavy atom. The maximum Gasteiger partial charge on any atom is 0.322 e. The van der Waals surface area contributed by atoms with Crippen LogP contribution in [0.1, 0.15) is 33.2 Å². The number of aryl methyl sites for hydroxylation is 1. The number of rotatable bonds is 4. The Hall–Kier alpha value is -4.47. The fourth-order valence-electron chi connectivity index (χ4n) is 5.27. The standard InChI is InChI=1S/C31H25ClN6O2S/c1-19-35-36-27-17-33-29(23-9-5-6-10-25(23)32)28-24-15-16-37(18-26(24)41-30(28)38(19)27)31(39)34-20-11-13-22(14-12-20)40-21-7-3-2-4-8-21/h2-14H,15-18H2,1H3,(H,34,39). The predicted molar refractivity (Wildman–Crippen MR) is 161 cm³/mol. The highest BCUT2D eigenvalue weighted by atomic mass is 35.5. The second-order valence-electron chi connectivity index (χ2n) is 9.87. The number of thiophene rings is 1. The number of urea groups is 1. The molecule has 0 aliphatic carbocycles. The van der Waals surface area contributed by atoms with Gasteiger partial charge >= 0.3 is 6.03 Å². The first kappa shape index (κ1) is 25.5. The molecule has 0 fully saturated rings. The van der Waals surface area contributed by atoms with Crippen molar-refractivity contribution in [2.75, 3.05) is 11.9 Å². The number of carbonyl (C=O) groups is 1. The molecule has 0 radical (unpaired) electrons. The molecule has 0 unspecified atom stereocenters. The van der Waals surface area contributed by atoms with Gasteiger partial charge in [-0.15, -0.1) is 21.5 Å². The number of nitrogens with one attached hydrogen (secondary N) is 1. The average Bonchev–Trinajstić information content (AvgIpc) is 3.50. The number of nitrogens with zero attached hydrogens (tertiary/aromatic N) is 5. The maximum absolute atomic E-state index is 13.3. The molecule has 0 saturated carbocycles. The van der Waals surface area contributed by atoms with Gasteiger partial charge in [0.15, 0.2) is 5.82 Å². The predicted octanol–water partition coefficient (Wildman–Crippen LogP) is 7.02. The summed E-state index contributed by atoms with van der Waals surface area (Å²) in [4.78, 5) is 21.3. The molecule has 0 atom stereocenters. The third-order valence-corrected chi connectivity index (χ3v) is 8.78. The topological polar surface area (TPSA) is 84.6 Å². The molecule has 41 heavy (non-hydrogen) atoms. The smallest absolute Gasteiger partial charge is 0.322 e. The van der Waals surface area contributed by atoms with E-state index in [-0.39, 0.29) is 6.03 Å². The quantitative estimate of drug-likeness (QED) is 0.247. The van der Waals surface area contributed by atoms with Crippen molar-refractivity contribution in [1.82, 2.24) is 19.7 Å². The highest BCUT2D eigenvalue weighted by Crippen LogP contribution is 2.40. The van der Waals surface area contributed by atoms with E-state index in [2.05, 4.69) is 20.1 Å². The zero-order valence-electron chi connectivity index (χ0n) is 22.2. The molecule has 3 aromatic carbocycles. The number of ether oxygens (including phenoxy) is 1. The van der Waals surface area contributed by atoms with Crippen LogP contribution in [0.2, 0.25) is 5.02 Å². The molecule has 0 saturated heterocycles. The molecule has 8 nitrogen and oxygen atoms in total. The average molecular weight is 581 g/mol. The molecule has 5 aromatic rings. The molecular weight excluding hydrogens is 556 g/mol. The molecular formula is C31H25ClN6O2S. The van der Waals surface area contributed by atoms with Crippen LogP contribution in [-0.4, -0.2) is 38.0 Å². The number of hydrogen-bond acceptors (Lipinski definition) is 6. The summed E-state index contributed by atoms with van der Waals surface area (Å²) in [6.45, 7) is 3.46. The van der Waals surface area contributed by atoms with Crippen molar-refractivity contribution < 1.29 is 9.53 Å². The zero-order valence-corrected chi connectivity index (χ0v) is 23.7. The lowest BCUT2D eigenvalue weighted by Crippen LogP contribution is -2.38. The van der Waals surface area contributed by atoms with E-state index in [1.807, 2.05) is 90.7 Å². The number of anilines is 1.